The van der Waals surface area contributed by atoms with Crippen molar-refractivity contribution in [3.63, 3.8) is 0 Å². The molecule has 1 aliphatic heterocycles. The molecule has 5 aromatic rings. The van der Waals surface area contributed by atoms with E-state index in [0.717, 1.165) is 37.1 Å². The average molecular weight is 677 g/mol. The van der Waals surface area contributed by atoms with E-state index in [1.165, 1.54) is 12.1 Å². The van der Waals surface area contributed by atoms with Crippen molar-refractivity contribution in [3.8, 4) is 23.0 Å². The Bertz CT molecular complexity index is 1860. The van der Waals surface area contributed by atoms with E-state index < -0.39 is 17.5 Å². The molecule has 258 valence electrons. The molecule has 1 fully saturated rings. The zero-order chi connectivity index (χ0) is 34.7. The van der Waals surface area contributed by atoms with Gasteiger partial charge >= 0.3 is 0 Å². The standard InChI is InChI=1S/C40H41FN4O5/c1-48-38-23-31-34(24-39(38)49-26-27-14-18-42-19-15-27)44-21-17-36(31)50-37-13-12-30(22-33(37)41)43-20-16-35(46)40(47)45-25-32(28-8-4-2-5-9-28)29-10-6-3-7-11-29/h2-13,17,21-24,27,32,42-43H,14-16,18-20,25-26H2,1H3,(H,45,47). The van der Waals surface area contributed by atoms with Crippen molar-refractivity contribution in [2.24, 2.45) is 5.92 Å². The number of pyridine rings is 1. The molecule has 2 heterocycles. The number of benzene rings is 4. The lowest BCUT2D eigenvalue weighted by molar-refractivity contribution is -0.137. The van der Waals surface area contributed by atoms with E-state index in [9.17, 15) is 9.59 Å². The third-order valence-electron chi connectivity index (χ3n) is 8.88. The molecule has 0 unspecified atom stereocenters. The van der Waals surface area contributed by atoms with E-state index in [1.807, 2.05) is 66.7 Å². The van der Waals surface area contributed by atoms with Gasteiger partial charge in [-0.1, -0.05) is 60.7 Å². The van der Waals surface area contributed by atoms with E-state index in [-0.39, 0.29) is 31.2 Å². The number of amides is 1. The Morgan fingerprint density at radius 3 is 2.28 bits per heavy atom. The van der Waals surface area contributed by atoms with Crippen molar-refractivity contribution < 1.29 is 28.2 Å². The number of nitrogens with one attached hydrogen (secondary N) is 3. The maximum Gasteiger partial charge on any atom is 0.287 e. The number of Topliss-reactive ketones (excluding diaryl/α,β-unsaturated/α-hetero) is 1. The highest BCUT2D eigenvalue weighted by atomic mass is 19.1. The largest absolute Gasteiger partial charge is 0.493 e. The normalized spacial score (nSPS) is 13.2. The highest BCUT2D eigenvalue weighted by molar-refractivity contribution is 6.36. The van der Waals surface area contributed by atoms with Gasteiger partial charge < -0.3 is 30.2 Å². The van der Waals surface area contributed by atoms with Crippen molar-refractivity contribution in [2.45, 2.75) is 25.2 Å². The first-order valence-electron chi connectivity index (χ1n) is 16.9. The summed E-state index contributed by atoms with van der Waals surface area (Å²) in [6.45, 7) is 3.01. The summed E-state index contributed by atoms with van der Waals surface area (Å²) in [5.74, 6) is 0.158. The second kappa shape index (κ2) is 16.8. The molecule has 9 nitrogen and oxygen atoms in total. The fraction of sp³-hybridized carbons (Fsp3) is 0.275. The van der Waals surface area contributed by atoms with Gasteiger partial charge in [0.15, 0.2) is 23.1 Å². The van der Waals surface area contributed by atoms with Crippen LogP contribution in [-0.4, -0.2) is 56.6 Å². The summed E-state index contributed by atoms with van der Waals surface area (Å²) in [5.41, 5.74) is 3.17. The Labute approximate surface area is 291 Å². The van der Waals surface area contributed by atoms with Crippen molar-refractivity contribution in [1.29, 1.82) is 0 Å². The van der Waals surface area contributed by atoms with Crippen LogP contribution < -0.4 is 30.2 Å². The van der Waals surface area contributed by atoms with E-state index in [2.05, 4.69) is 20.9 Å². The average Bonchev–Trinajstić information content (AvgIpc) is 3.16. The van der Waals surface area contributed by atoms with Crippen LogP contribution in [-0.2, 0) is 9.59 Å². The molecule has 6 rings (SSSR count). The monoisotopic (exact) mass is 676 g/mol. The molecule has 10 heteroatoms. The molecule has 0 radical (unpaired) electrons. The number of carbonyl (C=O) groups excluding carboxylic acids is 2. The number of fused-ring (bicyclic) bond motifs is 1. The Balaban J connectivity index is 1.03. The van der Waals surface area contributed by atoms with Gasteiger partial charge in [-0.25, -0.2) is 4.39 Å². The summed E-state index contributed by atoms with van der Waals surface area (Å²) < 4.78 is 33.0. The van der Waals surface area contributed by atoms with Gasteiger partial charge in [-0.15, -0.1) is 0 Å². The predicted octanol–water partition coefficient (Wildman–Crippen LogP) is 6.87. The maximum absolute atomic E-state index is 15.2. The summed E-state index contributed by atoms with van der Waals surface area (Å²) in [7, 11) is 1.58. The molecule has 4 aromatic carbocycles. The first kappa shape index (κ1) is 34.4. The second-order valence-corrected chi connectivity index (χ2v) is 12.3. The van der Waals surface area contributed by atoms with Crippen LogP contribution in [0.15, 0.2) is 103 Å². The minimum atomic E-state index is -0.653. The first-order chi connectivity index (χ1) is 24.5. The van der Waals surface area contributed by atoms with Gasteiger partial charge in [0.05, 0.1) is 19.2 Å². The number of hydrogen-bond donors (Lipinski definition) is 3. The summed E-state index contributed by atoms with van der Waals surface area (Å²) >= 11 is 0. The number of rotatable bonds is 15. The lowest BCUT2D eigenvalue weighted by Gasteiger charge is -2.23. The van der Waals surface area contributed by atoms with Crippen LogP contribution in [0.4, 0.5) is 10.1 Å². The smallest absolute Gasteiger partial charge is 0.287 e. The van der Waals surface area contributed by atoms with Gasteiger partial charge in [-0.2, -0.15) is 0 Å². The van der Waals surface area contributed by atoms with Gasteiger partial charge in [0.2, 0.25) is 5.78 Å². The highest BCUT2D eigenvalue weighted by Gasteiger charge is 2.20. The zero-order valence-electron chi connectivity index (χ0n) is 28.0. The summed E-state index contributed by atoms with van der Waals surface area (Å²) in [4.78, 5) is 29.8. The van der Waals surface area contributed by atoms with Gasteiger partial charge in [-0.3, -0.25) is 14.6 Å². The fourth-order valence-corrected chi connectivity index (χ4v) is 6.08. The molecule has 0 saturated carbocycles. The van der Waals surface area contributed by atoms with Crippen LogP contribution in [0, 0.1) is 11.7 Å². The minimum Gasteiger partial charge on any atom is -0.493 e. The number of ketones is 1. The van der Waals surface area contributed by atoms with Crippen LogP contribution in [0.1, 0.15) is 36.3 Å². The van der Waals surface area contributed by atoms with Gasteiger partial charge in [0.25, 0.3) is 5.91 Å². The minimum absolute atomic E-state index is 0.0232. The molecule has 50 heavy (non-hydrogen) atoms. The van der Waals surface area contributed by atoms with Crippen molar-refractivity contribution in [3.05, 3.63) is 120 Å². The van der Waals surface area contributed by atoms with Gasteiger partial charge in [0, 0.05) is 54.8 Å². The lowest BCUT2D eigenvalue weighted by atomic mass is 9.91. The number of aromatic nitrogens is 1. The Morgan fingerprint density at radius 2 is 1.60 bits per heavy atom. The number of hydrogen-bond acceptors (Lipinski definition) is 8. The molecule has 0 atom stereocenters. The number of methoxy groups -OCH3 is 1. The molecular weight excluding hydrogens is 635 g/mol. The van der Waals surface area contributed by atoms with Crippen LogP contribution >= 0.6 is 0 Å². The first-order valence-corrected chi connectivity index (χ1v) is 16.9. The third kappa shape index (κ3) is 8.75. The molecule has 3 N–H and O–H groups in total. The van der Waals surface area contributed by atoms with E-state index in [4.69, 9.17) is 14.2 Å². The number of piperidine rings is 1. The molecule has 1 amide bonds. The molecule has 0 aliphatic carbocycles. The molecule has 0 bridgehead atoms. The van der Waals surface area contributed by atoms with E-state index >= 15 is 4.39 Å². The van der Waals surface area contributed by atoms with Crippen LogP contribution in [0.5, 0.6) is 23.0 Å². The third-order valence-corrected chi connectivity index (χ3v) is 8.88. The van der Waals surface area contributed by atoms with Crippen LogP contribution in [0.25, 0.3) is 10.9 Å². The van der Waals surface area contributed by atoms with Crippen molar-refractivity contribution in [2.75, 3.05) is 45.2 Å². The summed E-state index contributed by atoms with van der Waals surface area (Å²) in [6.07, 6.45) is 3.67. The quantitative estimate of drug-likeness (QED) is 0.103. The fourth-order valence-electron chi connectivity index (χ4n) is 6.08. The number of ether oxygens (including phenoxy) is 3. The van der Waals surface area contributed by atoms with E-state index in [0.29, 0.717) is 46.4 Å². The SMILES string of the molecule is COc1cc2c(Oc3ccc(NCCC(=O)C(=O)NCC(c4ccccc4)c4ccccc4)cc3F)ccnc2cc1OCC1CCNCC1. The van der Waals surface area contributed by atoms with Crippen molar-refractivity contribution in [1.82, 2.24) is 15.6 Å². The number of halogens is 1. The number of nitrogens with zero attached hydrogens (tertiary/aromatic N) is 1. The zero-order valence-corrected chi connectivity index (χ0v) is 28.0. The molecular formula is C40H41FN4O5. The topological polar surface area (TPSA) is 111 Å². The highest BCUT2D eigenvalue weighted by Crippen LogP contribution is 2.38. The summed E-state index contributed by atoms with van der Waals surface area (Å²) in [5, 5.41) is 9.83. The van der Waals surface area contributed by atoms with Gasteiger partial charge in [-0.05, 0) is 67.2 Å². The second-order valence-electron chi connectivity index (χ2n) is 12.3. The number of anilines is 1. The number of carbonyl (C=O) groups is 2. The van der Waals surface area contributed by atoms with Crippen LogP contribution in [0.2, 0.25) is 0 Å². The Hall–Kier alpha value is -5.48. The van der Waals surface area contributed by atoms with E-state index in [1.54, 1.807) is 31.5 Å². The Kier molecular flexibility index (Phi) is 11.5. The maximum atomic E-state index is 15.2. The Morgan fingerprint density at radius 1 is 0.880 bits per heavy atom. The molecule has 0 spiro atoms. The molecule has 1 saturated heterocycles. The summed E-state index contributed by atoms with van der Waals surface area (Å²) in [6, 6.07) is 29.4. The lowest BCUT2D eigenvalue weighted by Crippen LogP contribution is -2.35. The predicted molar refractivity (Wildman–Crippen MR) is 192 cm³/mol. The van der Waals surface area contributed by atoms with Gasteiger partial charge in [0.1, 0.15) is 5.75 Å². The molecule has 1 aliphatic rings. The molecule has 1 aromatic heterocycles. The van der Waals surface area contributed by atoms with Crippen LogP contribution in [0.3, 0.4) is 0 Å². The van der Waals surface area contributed by atoms with Crippen molar-refractivity contribution >= 4 is 28.3 Å².